The van der Waals surface area contributed by atoms with Crippen LogP contribution in [0.25, 0.3) is 21.5 Å². The maximum Gasteiger partial charge on any atom is 0.416 e. The summed E-state index contributed by atoms with van der Waals surface area (Å²) in [6.45, 7) is 0. The van der Waals surface area contributed by atoms with Crippen molar-refractivity contribution in [3.8, 4) is 0 Å². The summed E-state index contributed by atoms with van der Waals surface area (Å²) < 4.78 is 39.5. The molecule has 3 aromatic carbocycles. The van der Waals surface area contributed by atoms with E-state index in [1.807, 2.05) is 0 Å². The largest absolute Gasteiger partial charge is 0.478 e. The van der Waals surface area contributed by atoms with Crippen LogP contribution in [-0.2, 0) is 6.18 Å². The van der Waals surface area contributed by atoms with E-state index in [9.17, 15) is 23.1 Å². The van der Waals surface area contributed by atoms with Gasteiger partial charge in [-0.25, -0.2) is 4.79 Å². The highest BCUT2D eigenvalue weighted by atomic mass is 79.9. The average molecular weight is 369 g/mol. The molecule has 0 amide bonds. The van der Waals surface area contributed by atoms with E-state index < -0.39 is 17.7 Å². The molecule has 1 N–H and O–H groups in total. The molecule has 0 saturated heterocycles. The fourth-order valence-corrected chi connectivity index (χ4v) is 3.11. The molecular formula is C16H8BrF3O2. The molecule has 0 atom stereocenters. The van der Waals surface area contributed by atoms with Gasteiger partial charge in [-0.2, -0.15) is 13.2 Å². The van der Waals surface area contributed by atoms with Crippen LogP contribution in [0.3, 0.4) is 0 Å². The number of aromatic carboxylic acids is 1. The maximum absolute atomic E-state index is 12.9. The van der Waals surface area contributed by atoms with Crippen molar-refractivity contribution in [1.29, 1.82) is 0 Å². The van der Waals surface area contributed by atoms with Crippen LogP contribution < -0.4 is 0 Å². The van der Waals surface area contributed by atoms with Crippen molar-refractivity contribution in [2.75, 3.05) is 0 Å². The summed E-state index contributed by atoms with van der Waals surface area (Å²) in [6.07, 6.45) is -4.49. The van der Waals surface area contributed by atoms with Crippen LogP contribution in [0.2, 0.25) is 0 Å². The van der Waals surface area contributed by atoms with Crippen LogP contribution in [-0.4, -0.2) is 11.1 Å². The van der Waals surface area contributed by atoms with Crippen molar-refractivity contribution < 1.29 is 23.1 Å². The van der Waals surface area contributed by atoms with Crippen molar-refractivity contribution in [3.63, 3.8) is 0 Å². The average Bonchev–Trinajstić information content (AvgIpc) is 2.44. The highest BCUT2D eigenvalue weighted by Gasteiger charge is 2.31. The Hall–Kier alpha value is -2.08. The molecule has 6 heteroatoms. The topological polar surface area (TPSA) is 37.3 Å². The number of halogens is 4. The van der Waals surface area contributed by atoms with Crippen molar-refractivity contribution in [2.45, 2.75) is 6.18 Å². The summed E-state index contributed by atoms with van der Waals surface area (Å²) in [5, 5.41) is 11.0. The minimum absolute atomic E-state index is 0.0191. The zero-order valence-corrected chi connectivity index (χ0v) is 12.5. The van der Waals surface area contributed by atoms with Crippen LogP contribution in [0.5, 0.6) is 0 Å². The van der Waals surface area contributed by atoms with E-state index in [2.05, 4.69) is 15.9 Å². The van der Waals surface area contributed by atoms with E-state index in [1.165, 1.54) is 12.1 Å². The van der Waals surface area contributed by atoms with E-state index >= 15 is 0 Å². The molecular weight excluding hydrogens is 361 g/mol. The zero-order valence-electron chi connectivity index (χ0n) is 10.9. The first-order valence-electron chi connectivity index (χ1n) is 6.24. The molecule has 3 rings (SSSR count). The molecule has 3 aromatic rings. The van der Waals surface area contributed by atoms with Gasteiger partial charge < -0.3 is 5.11 Å². The Balaban J connectivity index is 2.54. The lowest BCUT2D eigenvalue weighted by Gasteiger charge is -2.12. The number of rotatable bonds is 1. The van der Waals surface area contributed by atoms with Gasteiger partial charge in [-0.1, -0.05) is 34.1 Å². The summed E-state index contributed by atoms with van der Waals surface area (Å²) in [5.74, 6) is -1.17. The van der Waals surface area contributed by atoms with E-state index in [-0.39, 0.29) is 16.3 Å². The number of hydrogen-bond acceptors (Lipinski definition) is 1. The molecule has 22 heavy (non-hydrogen) atoms. The molecule has 2 nitrogen and oxygen atoms in total. The third-order valence-corrected chi connectivity index (χ3v) is 4.14. The van der Waals surface area contributed by atoms with Crippen LogP contribution in [0, 0.1) is 0 Å². The molecule has 0 radical (unpaired) electrons. The number of benzene rings is 3. The van der Waals surface area contributed by atoms with E-state index in [0.717, 1.165) is 12.1 Å². The second-order valence-corrected chi connectivity index (χ2v) is 5.68. The summed E-state index contributed by atoms with van der Waals surface area (Å²) in [7, 11) is 0. The van der Waals surface area contributed by atoms with E-state index in [4.69, 9.17) is 0 Å². The maximum atomic E-state index is 12.9. The Labute approximate surface area is 131 Å². The number of alkyl halides is 3. The summed E-state index contributed by atoms with van der Waals surface area (Å²) in [6, 6.07) is 9.66. The van der Waals surface area contributed by atoms with Crippen molar-refractivity contribution >= 4 is 43.4 Å². The van der Waals surface area contributed by atoms with Gasteiger partial charge in [0.05, 0.1) is 11.1 Å². The minimum Gasteiger partial charge on any atom is -0.478 e. The Morgan fingerprint density at radius 3 is 2.41 bits per heavy atom. The predicted molar refractivity (Wildman–Crippen MR) is 81.1 cm³/mol. The van der Waals surface area contributed by atoms with Gasteiger partial charge in [0.25, 0.3) is 0 Å². The Bertz CT molecular complexity index is 917. The van der Waals surface area contributed by atoms with Gasteiger partial charge >= 0.3 is 12.1 Å². The summed E-state index contributed by atoms with van der Waals surface area (Å²) in [5.41, 5.74) is -0.825. The molecule has 0 aliphatic heterocycles. The molecule has 0 aromatic heterocycles. The van der Waals surface area contributed by atoms with Crippen LogP contribution in [0.1, 0.15) is 15.9 Å². The number of carboxylic acids is 1. The number of carbonyl (C=O) groups is 1. The lowest BCUT2D eigenvalue weighted by molar-refractivity contribution is -0.137. The third-order valence-electron chi connectivity index (χ3n) is 3.48. The number of carboxylic acid groups (broad SMARTS) is 1. The molecule has 0 heterocycles. The third kappa shape index (κ3) is 2.33. The molecule has 0 spiro atoms. The zero-order chi connectivity index (χ0) is 16.1. The molecule has 0 bridgehead atoms. The molecule has 0 saturated carbocycles. The Morgan fingerprint density at radius 1 is 1.05 bits per heavy atom. The smallest absolute Gasteiger partial charge is 0.416 e. The summed E-state index contributed by atoms with van der Waals surface area (Å²) in [4.78, 5) is 11.4. The standard InChI is InChI=1S/C16H8BrF3O2/c17-13-3-1-2-8-6-12(15(21)22)10-5-4-9(16(18,19)20)7-11(10)14(8)13/h1-7H,(H,21,22). The molecule has 0 aliphatic carbocycles. The first-order valence-corrected chi connectivity index (χ1v) is 7.04. The number of hydrogen-bond donors (Lipinski definition) is 1. The quantitative estimate of drug-likeness (QED) is 0.578. The van der Waals surface area contributed by atoms with Crippen LogP contribution in [0.4, 0.5) is 13.2 Å². The second kappa shape index (κ2) is 4.98. The summed E-state index contributed by atoms with van der Waals surface area (Å²) >= 11 is 3.33. The monoisotopic (exact) mass is 368 g/mol. The van der Waals surface area contributed by atoms with Gasteiger partial charge in [-0.15, -0.1) is 0 Å². The fraction of sp³-hybridized carbons (Fsp3) is 0.0625. The molecule has 112 valence electrons. The SMILES string of the molecule is O=C(O)c1cc2cccc(Br)c2c2cc(C(F)(F)F)ccc12. The van der Waals surface area contributed by atoms with Gasteiger partial charge in [0, 0.05) is 9.86 Å². The fourth-order valence-electron chi connectivity index (χ4n) is 2.52. The second-order valence-electron chi connectivity index (χ2n) is 4.83. The van der Waals surface area contributed by atoms with Gasteiger partial charge in [-0.3, -0.25) is 0 Å². The first-order chi connectivity index (χ1) is 10.3. The first kappa shape index (κ1) is 14.8. The van der Waals surface area contributed by atoms with Gasteiger partial charge in [0.2, 0.25) is 0 Å². The normalized spacial score (nSPS) is 12.0. The van der Waals surface area contributed by atoms with Crippen LogP contribution >= 0.6 is 15.9 Å². The van der Waals surface area contributed by atoms with E-state index in [1.54, 1.807) is 18.2 Å². The van der Waals surface area contributed by atoms with Crippen LogP contribution in [0.15, 0.2) is 46.9 Å². The number of fused-ring (bicyclic) bond motifs is 3. The van der Waals surface area contributed by atoms with Gasteiger partial charge in [0.15, 0.2) is 0 Å². The van der Waals surface area contributed by atoms with Gasteiger partial charge in [0.1, 0.15) is 0 Å². The van der Waals surface area contributed by atoms with Crippen molar-refractivity contribution in [1.82, 2.24) is 0 Å². The van der Waals surface area contributed by atoms with E-state index in [0.29, 0.717) is 15.2 Å². The lowest BCUT2D eigenvalue weighted by Crippen LogP contribution is -2.05. The Morgan fingerprint density at radius 2 is 1.77 bits per heavy atom. The molecule has 0 unspecified atom stereocenters. The molecule has 0 fully saturated rings. The lowest BCUT2D eigenvalue weighted by atomic mass is 9.95. The van der Waals surface area contributed by atoms with Crippen molar-refractivity contribution in [2.24, 2.45) is 0 Å². The van der Waals surface area contributed by atoms with Crippen molar-refractivity contribution in [3.05, 3.63) is 58.1 Å². The predicted octanol–water partition coefficient (Wildman–Crippen LogP) is 5.47. The molecule has 0 aliphatic rings. The van der Waals surface area contributed by atoms with Gasteiger partial charge in [-0.05, 0) is 40.4 Å². The Kier molecular flexibility index (Phi) is 3.36. The highest BCUT2D eigenvalue weighted by molar-refractivity contribution is 9.10. The highest BCUT2D eigenvalue weighted by Crippen LogP contribution is 2.37. The minimum atomic E-state index is -4.49.